The van der Waals surface area contributed by atoms with E-state index < -0.39 is 53.7 Å². The van der Waals surface area contributed by atoms with Crippen molar-refractivity contribution in [2.75, 3.05) is 13.7 Å². The van der Waals surface area contributed by atoms with Gasteiger partial charge in [-0.1, -0.05) is 0 Å². The van der Waals surface area contributed by atoms with E-state index in [9.17, 15) is 14.4 Å². The number of hydrogen-bond acceptors (Lipinski definition) is 11. The van der Waals surface area contributed by atoms with E-state index in [0.29, 0.717) is 3.70 Å². The summed E-state index contributed by atoms with van der Waals surface area (Å²) in [5.41, 5.74) is 1.14. The molecule has 2 atom stereocenters. The molecular weight excluding hydrogens is 576 g/mol. The zero-order valence-electron chi connectivity index (χ0n) is 20.9. The lowest BCUT2D eigenvalue weighted by atomic mass is 9.78. The van der Waals surface area contributed by atoms with Crippen LogP contribution in [-0.2, 0) is 34.0 Å². The van der Waals surface area contributed by atoms with Gasteiger partial charge in [-0.3, -0.25) is 9.59 Å². The molecule has 35 heavy (non-hydrogen) atoms. The van der Waals surface area contributed by atoms with E-state index in [1.165, 1.54) is 12.1 Å². The maximum Gasteiger partial charge on any atom is 0.356 e. The lowest BCUT2D eigenvalue weighted by Gasteiger charge is -2.33. The Kier molecular flexibility index (Phi) is 10.4. The molecule has 0 aliphatic heterocycles. The van der Waals surface area contributed by atoms with Crippen molar-refractivity contribution in [1.82, 2.24) is 15.2 Å². The van der Waals surface area contributed by atoms with Crippen molar-refractivity contribution in [3.63, 3.8) is 0 Å². The van der Waals surface area contributed by atoms with Crippen molar-refractivity contribution in [2.24, 2.45) is 11.6 Å². The molecule has 0 amide bonds. The Hall–Kier alpha value is -2.55. The first kappa shape index (κ1) is 30.5. The molecule has 0 saturated heterocycles. The Bertz CT molecular complexity index is 945. The highest BCUT2D eigenvalue weighted by molar-refractivity contribution is 14.1. The minimum atomic E-state index is -2.26. The van der Waals surface area contributed by atoms with Crippen LogP contribution >= 0.6 is 22.6 Å². The SMILES string of the molecule is COC(=O)C(CC(F)CN(N)/C=C(\N)C(=O)OC(C)(C)C)(C(=O)OC(C)(C)C)c1ccc(I)nn1. The number of alkyl halides is 1. The van der Waals surface area contributed by atoms with E-state index in [1.54, 1.807) is 41.5 Å². The Morgan fingerprint density at radius 3 is 2.11 bits per heavy atom. The van der Waals surface area contributed by atoms with Crippen molar-refractivity contribution in [1.29, 1.82) is 0 Å². The fourth-order valence-electron chi connectivity index (χ4n) is 2.89. The minimum Gasteiger partial charge on any atom is -0.468 e. The largest absolute Gasteiger partial charge is 0.468 e. The van der Waals surface area contributed by atoms with E-state index >= 15 is 4.39 Å². The second-order valence-electron chi connectivity index (χ2n) is 9.72. The van der Waals surface area contributed by atoms with Crippen LogP contribution < -0.4 is 11.6 Å². The fourth-order valence-corrected chi connectivity index (χ4v) is 3.18. The van der Waals surface area contributed by atoms with Gasteiger partial charge in [0.25, 0.3) is 0 Å². The average Bonchev–Trinajstić information content (AvgIpc) is 2.69. The van der Waals surface area contributed by atoms with Crippen LogP contribution in [0.25, 0.3) is 0 Å². The lowest BCUT2D eigenvalue weighted by molar-refractivity contribution is -0.173. The molecule has 13 heteroatoms. The van der Waals surface area contributed by atoms with Gasteiger partial charge in [-0.05, 0) is 76.3 Å². The summed E-state index contributed by atoms with van der Waals surface area (Å²) in [6.45, 7) is 9.25. The molecule has 2 unspecified atom stereocenters. The summed E-state index contributed by atoms with van der Waals surface area (Å²) in [6.07, 6.45) is -1.62. The van der Waals surface area contributed by atoms with Gasteiger partial charge in [-0.25, -0.2) is 15.0 Å². The summed E-state index contributed by atoms with van der Waals surface area (Å²) in [5.74, 6) is 2.85. The summed E-state index contributed by atoms with van der Waals surface area (Å²) in [7, 11) is 1.06. The predicted octanol–water partition coefficient (Wildman–Crippen LogP) is 1.88. The van der Waals surface area contributed by atoms with Gasteiger partial charge in [0.1, 0.15) is 26.8 Å². The van der Waals surface area contributed by atoms with Crippen LogP contribution in [0.2, 0.25) is 0 Å². The van der Waals surface area contributed by atoms with Gasteiger partial charge in [-0.2, -0.15) is 5.10 Å². The van der Waals surface area contributed by atoms with Gasteiger partial charge in [0.2, 0.25) is 5.41 Å². The van der Waals surface area contributed by atoms with Crippen LogP contribution in [0.4, 0.5) is 4.39 Å². The second-order valence-corrected chi connectivity index (χ2v) is 10.8. The van der Waals surface area contributed by atoms with E-state index in [4.69, 9.17) is 25.8 Å². The molecule has 1 aromatic heterocycles. The highest BCUT2D eigenvalue weighted by Gasteiger charge is 2.54. The molecule has 0 radical (unpaired) electrons. The maximum atomic E-state index is 15.4. The van der Waals surface area contributed by atoms with E-state index in [1.807, 2.05) is 22.6 Å². The molecule has 1 heterocycles. The molecule has 0 spiro atoms. The Balaban J connectivity index is 3.31. The number of nitrogens with zero attached hydrogens (tertiary/aromatic N) is 3. The zero-order chi connectivity index (χ0) is 27.2. The van der Waals surface area contributed by atoms with Gasteiger partial charge in [-0.15, -0.1) is 5.10 Å². The Morgan fingerprint density at radius 2 is 1.66 bits per heavy atom. The fraction of sp³-hybridized carbons (Fsp3) is 0.591. The van der Waals surface area contributed by atoms with Gasteiger partial charge in [0.15, 0.2) is 0 Å². The molecule has 0 fully saturated rings. The number of carbonyl (C=O) groups excluding carboxylic acids is 3. The molecule has 0 aliphatic carbocycles. The van der Waals surface area contributed by atoms with Crippen molar-refractivity contribution in [2.45, 2.75) is 70.8 Å². The van der Waals surface area contributed by atoms with Crippen molar-refractivity contribution in [3.05, 3.63) is 33.4 Å². The third kappa shape index (κ3) is 9.20. The number of hydrazine groups is 1. The number of methoxy groups -OCH3 is 1. The third-order valence-corrected chi connectivity index (χ3v) is 4.80. The predicted molar refractivity (Wildman–Crippen MR) is 133 cm³/mol. The van der Waals surface area contributed by atoms with Crippen LogP contribution in [0.3, 0.4) is 0 Å². The van der Waals surface area contributed by atoms with Crippen LogP contribution in [0.1, 0.15) is 53.7 Å². The molecule has 0 aliphatic rings. The Labute approximate surface area is 217 Å². The monoisotopic (exact) mass is 609 g/mol. The summed E-state index contributed by atoms with van der Waals surface area (Å²) in [6, 6.07) is 2.89. The van der Waals surface area contributed by atoms with Crippen molar-refractivity contribution in [3.8, 4) is 0 Å². The number of aromatic nitrogens is 2. The molecular formula is C22H33FIN5O6. The van der Waals surface area contributed by atoms with Crippen LogP contribution in [0, 0.1) is 3.70 Å². The Morgan fingerprint density at radius 1 is 1.09 bits per heavy atom. The van der Waals surface area contributed by atoms with E-state index in [-0.39, 0.29) is 11.4 Å². The smallest absolute Gasteiger partial charge is 0.356 e. The van der Waals surface area contributed by atoms with Gasteiger partial charge < -0.3 is 25.0 Å². The topological polar surface area (TPSA) is 160 Å². The number of nitrogens with two attached hydrogens (primary N) is 2. The second kappa shape index (κ2) is 11.9. The number of ether oxygens (including phenoxy) is 3. The molecule has 1 rings (SSSR count). The van der Waals surface area contributed by atoms with Crippen molar-refractivity contribution < 1.29 is 33.0 Å². The highest BCUT2D eigenvalue weighted by Crippen LogP contribution is 2.34. The lowest BCUT2D eigenvalue weighted by Crippen LogP contribution is -2.51. The molecule has 1 aromatic rings. The molecule has 0 aromatic carbocycles. The zero-order valence-corrected chi connectivity index (χ0v) is 23.1. The van der Waals surface area contributed by atoms with Crippen LogP contribution in [0.5, 0.6) is 0 Å². The minimum absolute atomic E-state index is 0.144. The molecule has 0 saturated carbocycles. The first-order valence-corrected chi connectivity index (χ1v) is 11.7. The summed E-state index contributed by atoms with van der Waals surface area (Å²) >= 11 is 1.90. The van der Waals surface area contributed by atoms with Crippen LogP contribution in [-0.4, -0.2) is 64.1 Å². The van der Waals surface area contributed by atoms with Gasteiger partial charge in [0.05, 0.1) is 19.3 Å². The number of hydrogen-bond donors (Lipinski definition) is 2. The quantitative estimate of drug-likeness (QED) is 0.0801. The van der Waals surface area contributed by atoms with Crippen molar-refractivity contribution >= 4 is 40.5 Å². The normalized spacial score (nSPS) is 15.0. The summed E-state index contributed by atoms with van der Waals surface area (Å²) < 4.78 is 31.3. The molecule has 196 valence electrons. The first-order valence-electron chi connectivity index (χ1n) is 10.6. The molecule has 11 nitrogen and oxygen atoms in total. The number of rotatable bonds is 9. The summed E-state index contributed by atoms with van der Waals surface area (Å²) in [4.78, 5) is 38.3. The molecule has 0 bridgehead atoms. The first-order chi connectivity index (χ1) is 15.9. The van der Waals surface area contributed by atoms with E-state index in [2.05, 4.69) is 10.2 Å². The number of esters is 3. The number of halogens is 2. The van der Waals surface area contributed by atoms with Gasteiger partial charge in [0, 0.05) is 12.6 Å². The van der Waals surface area contributed by atoms with Gasteiger partial charge >= 0.3 is 17.9 Å². The standard InChI is InChI=1S/C22H33FIN5O6/c1-20(2,3)34-17(30)14(25)12-29(26)11-13(23)10-22(18(31)33-7,19(32)35-21(4,5)6)15-8-9-16(24)28-27-15/h8-9,12-13H,10-11,25-26H2,1-7H3/b14-12-. The number of carbonyl (C=O) groups is 3. The average molecular weight is 609 g/mol. The third-order valence-electron chi connectivity index (χ3n) is 4.23. The summed E-state index contributed by atoms with van der Waals surface area (Å²) in [5, 5.41) is 8.65. The highest BCUT2D eigenvalue weighted by atomic mass is 127. The van der Waals surface area contributed by atoms with Crippen LogP contribution in [0.15, 0.2) is 24.0 Å². The van der Waals surface area contributed by atoms with E-state index in [0.717, 1.165) is 18.3 Å². The molecule has 4 N–H and O–H groups in total. The maximum absolute atomic E-state index is 15.4.